The molecule has 0 bridgehead atoms. The number of amides is 1. The van der Waals surface area contributed by atoms with Crippen LogP contribution in [0.1, 0.15) is 18.1 Å². The first kappa shape index (κ1) is 18.0. The number of hydrogen-bond acceptors (Lipinski definition) is 4. The SMILES string of the molecule is CCN(C(=O)COC(=O)/C=C/c1ccc(C#N)cc1)c1ccccc1. The molecular weight excluding hydrogens is 316 g/mol. The number of rotatable bonds is 6. The van der Waals surface area contributed by atoms with Crippen LogP contribution in [0.5, 0.6) is 0 Å². The van der Waals surface area contributed by atoms with E-state index in [0.29, 0.717) is 12.1 Å². The zero-order chi connectivity index (χ0) is 18.1. The maximum Gasteiger partial charge on any atom is 0.331 e. The van der Waals surface area contributed by atoms with Crippen molar-refractivity contribution in [1.82, 2.24) is 0 Å². The average Bonchev–Trinajstić information content (AvgIpc) is 2.66. The second-order valence-corrected chi connectivity index (χ2v) is 5.15. The summed E-state index contributed by atoms with van der Waals surface area (Å²) >= 11 is 0. The first-order valence-electron chi connectivity index (χ1n) is 7.84. The highest BCUT2D eigenvalue weighted by Crippen LogP contribution is 2.13. The van der Waals surface area contributed by atoms with Crippen molar-refractivity contribution in [2.24, 2.45) is 0 Å². The molecule has 5 nitrogen and oxygen atoms in total. The van der Waals surface area contributed by atoms with Gasteiger partial charge in [0.25, 0.3) is 5.91 Å². The van der Waals surface area contributed by atoms with E-state index in [9.17, 15) is 9.59 Å². The molecule has 0 aliphatic heterocycles. The number of anilines is 1. The van der Waals surface area contributed by atoms with Gasteiger partial charge < -0.3 is 9.64 Å². The first-order valence-corrected chi connectivity index (χ1v) is 7.84. The van der Waals surface area contributed by atoms with Crippen LogP contribution >= 0.6 is 0 Å². The molecule has 2 aromatic carbocycles. The fraction of sp³-hybridized carbons (Fsp3) is 0.150. The van der Waals surface area contributed by atoms with Crippen molar-refractivity contribution in [3.05, 3.63) is 71.8 Å². The van der Waals surface area contributed by atoms with Gasteiger partial charge in [0.2, 0.25) is 0 Å². The summed E-state index contributed by atoms with van der Waals surface area (Å²) in [4.78, 5) is 25.5. The predicted molar refractivity (Wildman–Crippen MR) is 95.6 cm³/mol. The van der Waals surface area contributed by atoms with Gasteiger partial charge in [-0.1, -0.05) is 30.3 Å². The highest BCUT2D eigenvalue weighted by atomic mass is 16.5. The highest BCUT2D eigenvalue weighted by molar-refractivity contribution is 5.96. The Morgan fingerprint density at radius 3 is 2.40 bits per heavy atom. The van der Waals surface area contributed by atoms with E-state index in [1.807, 2.05) is 43.3 Å². The van der Waals surface area contributed by atoms with Crippen molar-refractivity contribution in [3.8, 4) is 6.07 Å². The monoisotopic (exact) mass is 334 g/mol. The largest absolute Gasteiger partial charge is 0.452 e. The van der Waals surface area contributed by atoms with Crippen LogP contribution in [0.2, 0.25) is 0 Å². The number of nitrogens with zero attached hydrogens (tertiary/aromatic N) is 2. The van der Waals surface area contributed by atoms with E-state index in [0.717, 1.165) is 11.3 Å². The van der Waals surface area contributed by atoms with Crippen LogP contribution < -0.4 is 4.90 Å². The molecule has 0 radical (unpaired) electrons. The lowest BCUT2D eigenvalue weighted by Gasteiger charge is -2.20. The van der Waals surface area contributed by atoms with Crippen molar-refractivity contribution in [1.29, 1.82) is 5.26 Å². The average molecular weight is 334 g/mol. The molecular formula is C20H18N2O3. The van der Waals surface area contributed by atoms with Crippen LogP contribution in [-0.2, 0) is 14.3 Å². The van der Waals surface area contributed by atoms with E-state index in [1.54, 1.807) is 35.2 Å². The van der Waals surface area contributed by atoms with Gasteiger partial charge in [0.15, 0.2) is 6.61 Å². The number of carbonyl (C=O) groups excluding carboxylic acids is 2. The van der Waals surface area contributed by atoms with E-state index in [4.69, 9.17) is 10.00 Å². The van der Waals surface area contributed by atoms with Gasteiger partial charge in [-0.25, -0.2) is 4.79 Å². The smallest absolute Gasteiger partial charge is 0.331 e. The van der Waals surface area contributed by atoms with Gasteiger partial charge >= 0.3 is 5.97 Å². The van der Waals surface area contributed by atoms with Crippen LogP contribution in [0.15, 0.2) is 60.7 Å². The number of carbonyl (C=O) groups is 2. The Morgan fingerprint density at radius 1 is 1.12 bits per heavy atom. The summed E-state index contributed by atoms with van der Waals surface area (Å²) in [5.74, 6) is -0.879. The number of esters is 1. The zero-order valence-electron chi connectivity index (χ0n) is 13.9. The summed E-state index contributed by atoms with van der Waals surface area (Å²) in [5, 5.41) is 8.74. The topological polar surface area (TPSA) is 70.4 Å². The van der Waals surface area contributed by atoms with Crippen molar-refractivity contribution in [3.63, 3.8) is 0 Å². The number of benzene rings is 2. The van der Waals surface area contributed by atoms with Gasteiger partial charge in [-0.3, -0.25) is 4.79 Å². The fourth-order valence-corrected chi connectivity index (χ4v) is 2.20. The lowest BCUT2D eigenvalue weighted by Crippen LogP contribution is -2.34. The molecule has 0 N–H and O–H groups in total. The van der Waals surface area contributed by atoms with Crippen LogP contribution in [0.4, 0.5) is 5.69 Å². The molecule has 126 valence electrons. The van der Waals surface area contributed by atoms with E-state index in [1.165, 1.54) is 6.08 Å². The second-order valence-electron chi connectivity index (χ2n) is 5.15. The van der Waals surface area contributed by atoms with Gasteiger partial charge in [-0.2, -0.15) is 5.26 Å². The molecule has 0 fully saturated rings. The third kappa shape index (κ3) is 5.33. The van der Waals surface area contributed by atoms with Gasteiger partial charge in [0, 0.05) is 18.3 Å². The summed E-state index contributed by atoms with van der Waals surface area (Å²) in [6.07, 6.45) is 2.83. The van der Waals surface area contributed by atoms with Crippen LogP contribution in [0.3, 0.4) is 0 Å². The van der Waals surface area contributed by atoms with Gasteiger partial charge in [-0.15, -0.1) is 0 Å². The molecule has 0 aliphatic rings. The van der Waals surface area contributed by atoms with Crippen LogP contribution in [0, 0.1) is 11.3 Å². The molecule has 2 rings (SSSR count). The Hall–Kier alpha value is -3.39. The van der Waals surface area contributed by atoms with E-state index >= 15 is 0 Å². The summed E-state index contributed by atoms with van der Waals surface area (Å²) in [6, 6.07) is 18.0. The quantitative estimate of drug-likeness (QED) is 0.601. The normalized spacial score (nSPS) is 10.2. The molecule has 0 heterocycles. The Labute approximate surface area is 146 Å². The maximum atomic E-state index is 12.2. The zero-order valence-corrected chi connectivity index (χ0v) is 13.9. The minimum absolute atomic E-state index is 0.283. The molecule has 0 spiro atoms. The highest BCUT2D eigenvalue weighted by Gasteiger charge is 2.14. The lowest BCUT2D eigenvalue weighted by atomic mass is 10.1. The fourth-order valence-electron chi connectivity index (χ4n) is 2.20. The van der Waals surface area contributed by atoms with Crippen molar-refractivity contribution in [2.75, 3.05) is 18.1 Å². The van der Waals surface area contributed by atoms with Gasteiger partial charge in [0.1, 0.15) is 0 Å². The van der Waals surface area contributed by atoms with Gasteiger partial charge in [-0.05, 0) is 42.8 Å². The lowest BCUT2D eigenvalue weighted by molar-refractivity contribution is -0.142. The molecule has 0 aromatic heterocycles. The Balaban J connectivity index is 1.89. The molecule has 2 aromatic rings. The summed E-state index contributed by atoms with van der Waals surface area (Å²) in [7, 11) is 0. The number of hydrogen-bond donors (Lipinski definition) is 0. The number of ether oxygens (including phenoxy) is 1. The van der Waals surface area contributed by atoms with Crippen molar-refractivity contribution in [2.45, 2.75) is 6.92 Å². The van der Waals surface area contributed by atoms with E-state index in [2.05, 4.69) is 0 Å². The minimum atomic E-state index is -0.596. The third-order valence-electron chi connectivity index (χ3n) is 3.47. The molecule has 5 heteroatoms. The molecule has 0 unspecified atom stereocenters. The minimum Gasteiger partial charge on any atom is -0.452 e. The number of likely N-dealkylation sites (N-methyl/N-ethyl adjacent to an activating group) is 1. The first-order chi connectivity index (χ1) is 12.1. The predicted octanol–water partition coefficient (Wildman–Crippen LogP) is 3.17. The second kappa shape index (κ2) is 9.04. The molecule has 0 atom stereocenters. The molecule has 0 saturated carbocycles. The molecule has 0 aliphatic carbocycles. The van der Waals surface area contributed by atoms with Crippen LogP contribution in [-0.4, -0.2) is 25.0 Å². The van der Waals surface area contributed by atoms with E-state index < -0.39 is 5.97 Å². The van der Waals surface area contributed by atoms with Crippen molar-refractivity contribution >= 4 is 23.6 Å². The third-order valence-corrected chi connectivity index (χ3v) is 3.47. The maximum absolute atomic E-state index is 12.2. The Bertz CT molecular complexity index is 790. The molecule has 1 amide bonds. The molecule has 25 heavy (non-hydrogen) atoms. The van der Waals surface area contributed by atoms with Crippen LogP contribution in [0.25, 0.3) is 6.08 Å². The Morgan fingerprint density at radius 2 is 1.80 bits per heavy atom. The molecule has 0 saturated heterocycles. The standard InChI is InChI=1S/C20H18N2O3/c1-2-22(18-6-4-3-5-7-18)19(23)15-25-20(24)13-12-16-8-10-17(14-21)11-9-16/h3-13H,2,15H2,1H3/b13-12+. The van der Waals surface area contributed by atoms with Crippen molar-refractivity contribution < 1.29 is 14.3 Å². The summed E-state index contributed by atoms with van der Waals surface area (Å²) in [6.45, 7) is 2.03. The van der Waals surface area contributed by atoms with E-state index in [-0.39, 0.29) is 12.5 Å². The summed E-state index contributed by atoms with van der Waals surface area (Å²) in [5.41, 5.74) is 2.08. The van der Waals surface area contributed by atoms with Gasteiger partial charge in [0.05, 0.1) is 11.6 Å². The number of nitriles is 1. The summed E-state index contributed by atoms with van der Waals surface area (Å²) < 4.78 is 5.01. The number of para-hydroxylation sites is 1. The Kier molecular flexibility index (Phi) is 6.49.